The number of aryl methyl sites for hydroxylation is 6. The SMILES string of the molecule is Cc1cc(-c2cc(C)cc(C(C)(C)C)c2Op2oc3c(C(C)(C)C)cc(C)cc3c3cc(C)cc(C(C)(C)C)c3o2)c(OP(Oc2ccccc2C)Oc2ccccc2C)c(C(C)(C)C)c1. The molecule has 0 aliphatic carbocycles. The van der Waals surface area contributed by atoms with Crippen molar-refractivity contribution in [1.29, 1.82) is 0 Å². The average Bonchev–Trinajstić information content (AvgIpc) is 3.34. The Morgan fingerprint density at radius 3 is 1.15 bits per heavy atom. The summed E-state index contributed by atoms with van der Waals surface area (Å²) in [6.45, 7) is 39.4. The second kappa shape index (κ2) is 18.2. The molecule has 6 aromatic carbocycles. The lowest BCUT2D eigenvalue weighted by atomic mass is 9.80. The standard InChI is InChI=1S/C58H70O6P2/c1-35-27-41(51(45(31-35)55(7,8)9)61-65(59-49-25-21-19-23-39(49)5)60-50-26-22-20-24-40(50)6)42-28-36(2)32-46(56(10,11)12)52(42)62-66-63-53-43(29-37(3)33-47(53)57(13,14)15)44-30-38(4)34-48(54(44)64-66)58(16,17)18/h19-34H,1-18H3. The van der Waals surface area contributed by atoms with Gasteiger partial charge in [-0.1, -0.05) is 144 Å². The number of rotatable bonds is 9. The van der Waals surface area contributed by atoms with Gasteiger partial charge in [-0.05, 0) is 133 Å². The van der Waals surface area contributed by atoms with Crippen LogP contribution in [-0.2, 0) is 21.7 Å². The Bertz CT molecular complexity index is 2860. The van der Waals surface area contributed by atoms with E-state index in [0.29, 0.717) is 23.0 Å². The molecule has 66 heavy (non-hydrogen) atoms. The van der Waals surface area contributed by atoms with Crippen molar-refractivity contribution < 1.29 is 26.5 Å². The molecule has 0 N–H and O–H groups in total. The highest BCUT2D eigenvalue weighted by Gasteiger charge is 2.33. The fourth-order valence-corrected chi connectivity index (χ4v) is 10.7. The van der Waals surface area contributed by atoms with Crippen molar-refractivity contribution in [2.24, 2.45) is 0 Å². The van der Waals surface area contributed by atoms with Gasteiger partial charge in [0.05, 0.1) is 0 Å². The molecule has 1 aromatic heterocycles. The van der Waals surface area contributed by atoms with Gasteiger partial charge in [-0.2, -0.15) is 0 Å². The highest BCUT2D eigenvalue weighted by Crippen LogP contribution is 2.54. The van der Waals surface area contributed by atoms with Crippen LogP contribution in [0.25, 0.3) is 33.1 Å². The van der Waals surface area contributed by atoms with E-state index in [4.69, 9.17) is 26.5 Å². The van der Waals surface area contributed by atoms with Crippen LogP contribution >= 0.6 is 16.8 Å². The Balaban J connectivity index is 1.56. The summed E-state index contributed by atoms with van der Waals surface area (Å²) < 4.78 is 42.9. The predicted octanol–water partition coefficient (Wildman–Crippen LogP) is 18.6. The first-order valence-electron chi connectivity index (χ1n) is 23.1. The first-order chi connectivity index (χ1) is 30.7. The lowest BCUT2D eigenvalue weighted by Gasteiger charge is -2.29. The van der Waals surface area contributed by atoms with Crippen LogP contribution in [0.1, 0.15) is 139 Å². The quantitative estimate of drug-likeness (QED) is 0.134. The molecule has 1 heterocycles. The van der Waals surface area contributed by atoms with Gasteiger partial charge in [0.1, 0.15) is 34.2 Å². The van der Waals surface area contributed by atoms with Gasteiger partial charge in [0, 0.05) is 44.2 Å². The van der Waals surface area contributed by atoms with Crippen LogP contribution in [-0.4, -0.2) is 0 Å². The summed E-state index contributed by atoms with van der Waals surface area (Å²) in [5, 5.41) is 2.02. The fourth-order valence-electron chi connectivity index (χ4n) is 8.40. The van der Waals surface area contributed by atoms with E-state index in [-0.39, 0.29) is 21.7 Å². The van der Waals surface area contributed by atoms with Crippen LogP contribution < -0.4 is 18.1 Å². The second-order valence-electron chi connectivity index (χ2n) is 22.3. The number of hydrogen-bond donors (Lipinski definition) is 0. The molecule has 0 unspecified atom stereocenters. The van der Waals surface area contributed by atoms with Crippen LogP contribution in [0, 0.1) is 41.5 Å². The molecule has 348 valence electrons. The molecule has 0 saturated heterocycles. The highest BCUT2D eigenvalue weighted by atomic mass is 31.2. The molecule has 0 aliphatic rings. The molecule has 6 nitrogen and oxygen atoms in total. The highest BCUT2D eigenvalue weighted by molar-refractivity contribution is 7.43. The molecule has 0 saturated carbocycles. The van der Waals surface area contributed by atoms with E-state index in [1.165, 1.54) is 0 Å². The zero-order chi connectivity index (χ0) is 48.3. The maximum absolute atomic E-state index is 7.50. The summed E-state index contributed by atoms with van der Waals surface area (Å²) in [5.74, 6) is 2.73. The summed E-state index contributed by atoms with van der Waals surface area (Å²) >= 11 is 0. The van der Waals surface area contributed by atoms with E-state index in [1.54, 1.807) is 0 Å². The summed E-state index contributed by atoms with van der Waals surface area (Å²) in [5.41, 5.74) is 12.8. The number of benzene rings is 6. The third-order valence-corrected chi connectivity index (χ3v) is 14.0. The lowest BCUT2D eigenvalue weighted by molar-refractivity contribution is 0.381. The van der Waals surface area contributed by atoms with Crippen LogP contribution in [0.3, 0.4) is 0 Å². The van der Waals surface area contributed by atoms with Crippen molar-refractivity contribution in [2.75, 3.05) is 0 Å². The molecule has 0 fully saturated rings. The second-order valence-corrected chi connectivity index (χ2v) is 24.3. The lowest BCUT2D eigenvalue weighted by Crippen LogP contribution is -2.16. The van der Waals surface area contributed by atoms with E-state index in [2.05, 4.69) is 159 Å². The Morgan fingerprint density at radius 2 is 0.758 bits per heavy atom. The van der Waals surface area contributed by atoms with Crippen molar-refractivity contribution >= 4 is 38.8 Å². The minimum absolute atomic E-state index is 0.236. The van der Waals surface area contributed by atoms with E-state index in [0.717, 1.165) is 88.7 Å². The molecular formula is C58H70O6P2. The molecule has 0 radical (unpaired) electrons. The molecule has 0 bridgehead atoms. The van der Waals surface area contributed by atoms with Gasteiger partial charge < -0.3 is 26.5 Å². The molecule has 7 rings (SSSR count). The average molecular weight is 925 g/mol. The van der Waals surface area contributed by atoms with Crippen LogP contribution in [0.4, 0.5) is 0 Å². The van der Waals surface area contributed by atoms with Gasteiger partial charge in [-0.25, -0.2) is 0 Å². The molecule has 0 atom stereocenters. The topological polar surface area (TPSA) is 63.2 Å². The normalized spacial score (nSPS) is 12.5. The Morgan fingerprint density at radius 1 is 0.409 bits per heavy atom. The van der Waals surface area contributed by atoms with Gasteiger partial charge >= 0.3 is 16.8 Å². The van der Waals surface area contributed by atoms with Crippen molar-refractivity contribution in [1.82, 2.24) is 0 Å². The van der Waals surface area contributed by atoms with E-state index in [9.17, 15) is 0 Å². The van der Waals surface area contributed by atoms with Gasteiger partial charge in [0.2, 0.25) is 0 Å². The Labute approximate surface area is 396 Å². The van der Waals surface area contributed by atoms with E-state index < -0.39 is 16.8 Å². The van der Waals surface area contributed by atoms with Crippen molar-refractivity contribution in [2.45, 2.75) is 146 Å². The van der Waals surface area contributed by atoms with Crippen LogP contribution in [0.5, 0.6) is 23.0 Å². The van der Waals surface area contributed by atoms with Gasteiger partial charge in [-0.15, -0.1) is 0 Å². The molecule has 7 aromatic rings. The smallest absolute Gasteiger partial charge is 0.408 e. The molecule has 0 aliphatic heterocycles. The maximum atomic E-state index is 7.50. The minimum Gasteiger partial charge on any atom is -0.408 e. The van der Waals surface area contributed by atoms with E-state index >= 15 is 0 Å². The largest absolute Gasteiger partial charge is 0.530 e. The number of hydrogen-bond acceptors (Lipinski definition) is 6. The summed E-state index contributed by atoms with van der Waals surface area (Å²) in [7, 11) is -4.15. The maximum Gasteiger partial charge on any atom is 0.530 e. The first kappa shape index (κ1) is 48.8. The van der Waals surface area contributed by atoms with Crippen molar-refractivity contribution in [3.05, 3.63) is 153 Å². The molecule has 0 spiro atoms. The Kier molecular flexibility index (Phi) is 13.4. The predicted molar refractivity (Wildman–Crippen MR) is 279 cm³/mol. The van der Waals surface area contributed by atoms with Crippen molar-refractivity contribution in [3.63, 3.8) is 0 Å². The van der Waals surface area contributed by atoms with Crippen LogP contribution in [0.2, 0.25) is 0 Å². The monoisotopic (exact) mass is 924 g/mol. The molecular weight excluding hydrogens is 855 g/mol. The Hall–Kier alpha value is -5.15. The van der Waals surface area contributed by atoms with Gasteiger partial charge in [-0.3, -0.25) is 0 Å². The van der Waals surface area contributed by atoms with Gasteiger partial charge in [0.25, 0.3) is 0 Å². The number of para-hydroxylation sites is 2. The summed E-state index contributed by atoms with van der Waals surface area (Å²) in [6, 6.07) is 33.8. The summed E-state index contributed by atoms with van der Waals surface area (Å²) in [4.78, 5) is 0. The minimum atomic E-state index is -2.10. The third kappa shape index (κ3) is 10.5. The van der Waals surface area contributed by atoms with Crippen molar-refractivity contribution in [3.8, 4) is 34.1 Å². The third-order valence-electron chi connectivity index (χ3n) is 11.9. The molecule has 8 heteroatoms. The number of fused-ring (bicyclic) bond motifs is 3. The fraction of sp³-hybridized carbons (Fsp3) is 0.379. The molecule has 0 amide bonds. The van der Waals surface area contributed by atoms with Gasteiger partial charge in [0.15, 0.2) is 0 Å². The first-order valence-corrected chi connectivity index (χ1v) is 25.3. The summed E-state index contributed by atoms with van der Waals surface area (Å²) in [6.07, 6.45) is 0. The van der Waals surface area contributed by atoms with E-state index in [1.807, 2.05) is 62.4 Å². The van der Waals surface area contributed by atoms with Crippen LogP contribution in [0.15, 0.2) is 105 Å². The zero-order valence-electron chi connectivity index (χ0n) is 42.6. The zero-order valence-corrected chi connectivity index (χ0v) is 44.4.